The highest BCUT2D eigenvalue weighted by Gasteiger charge is 2.25. The maximum absolute atomic E-state index is 12.8. The van der Waals surface area contributed by atoms with Crippen molar-refractivity contribution in [2.45, 2.75) is 35.5 Å². The Balaban J connectivity index is 2.22. The van der Waals surface area contributed by atoms with Crippen LogP contribution in [0.1, 0.15) is 29.8 Å². The summed E-state index contributed by atoms with van der Waals surface area (Å²) >= 11 is 0.887. The summed E-state index contributed by atoms with van der Waals surface area (Å²) in [6.45, 7) is 4.28. The Bertz CT molecular complexity index is 974. The van der Waals surface area contributed by atoms with E-state index in [2.05, 4.69) is 10.9 Å². The van der Waals surface area contributed by atoms with E-state index < -0.39 is 27.3 Å². The third-order valence-corrected chi connectivity index (χ3v) is 6.69. The molecule has 3 N–H and O–H groups in total. The molecule has 0 spiro atoms. The number of carbonyl (C=O) groups excluding carboxylic acids is 2. The first kappa shape index (κ1) is 20.9. The zero-order chi connectivity index (χ0) is 20.4. The number of thiophene rings is 1. The van der Waals surface area contributed by atoms with Crippen molar-refractivity contribution in [2.24, 2.45) is 0 Å². The van der Waals surface area contributed by atoms with E-state index in [0.29, 0.717) is 5.75 Å². The van der Waals surface area contributed by atoms with Crippen LogP contribution >= 0.6 is 11.3 Å². The number of aryl methyl sites for hydroxylation is 1. The van der Waals surface area contributed by atoms with Gasteiger partial charge in [-0.15, -0.1) is 11.3 Å². The molecule has 0 aliphatic rings. The number of sulfone groups is 1. The molecule has 0 saturated carbocycles. The number of rotatable bonds is 5. The van der Waals surface area contributed by atoms with Crippen molar-refractivity contribution >= 4 is 33.0 Å². The van der Waals surface area contributed by atoms with Crippen molar-refractivity contribution in [3.05, 3.63) is 40.8 Å². The average molecular weight is 412 g/mol. The molecule has 0 unspecified atom stereocenters. The van der Waals surface area contributed by atoms with Crippen LogP contribution in [0.25, 0.3) is 0 Å². The van der Waals surface area contributed by atoms with Gasteiger partial charge in [0.15, 0.2) is 0 Å². The fourth-order valence-corrected chi connectivity index (χ4v) is 4.70. The first-order chi connectivity index (χ1) is 12.4. The standard InChI is InChI=1S/C17H20N2O6S2/c1-10-5-12(25-4)8-13(6-10)27(23,24)14-7-11(9-26-14)15(20)18-19-16(21)17(2,3)22/h5-9,22H,1-4H3,(H,18,20)(H,19,21). The molecule has 10 heteroatoms. The van der Waals surface area contributed by atoms with Gasteiger partial charge in [0, 0.05) is 5.38 Å². The molecule has 0 fully saturated rings. The molecule has 1 aromatic heterocycles. The summed E-state index contributed by atoms with van der Waals surface area (Å²) in [6.07, 6.45) is 0. The van der Waals surface area contributed by atoms with E-state index in [0.717, 1.165) is 16.9 Å². The lowest BCUT2D eigenvalue weighted by molar-refractivity contribution is -0.137. The highest BCUT2D eigenvalue weighted by Crippen LogP contribution is 2.30. The highest BCUT2D eigenvalue weighted by atomic mass is 32.2. The number of ether oxygens (including phenoxy) is 1. The number of benzene rings is 1. The van der Waals surface area contributed by atoms with Crippen LogP contribution in [0.5, 0.6) is 5.75 Å². The summed E-state index contributed by atoms with van der Waals surface area (Å²) in [5, 5.41) is 10.9. The number of hydrazine groups is 1. The van der Waals surface area contributed by atoms with Gasteiger partial charge in [-0.2, -0.15) is 0 Å². The Kier molecular flexibility index (Phi) is 5.93. The number of hydrogen-bond acceptors (Lipinski definition) is 7. The van der Waals surface area contributed by atoms with Crippen LogP contribution in [0.3, 0.4) is 0 Å². The second-order valence-electron chi connectivity index (χ2n) is 6.31. The molecule has 8 nitrogen and oxygen atoms in total. The molecule has 0 atom stereocenters. The van der Waals surface area contributed by atoms with Gasteiger partial charge in [-0.05, 0) is 50.6 Å². The quantitative estimate of drug-likeness (QED) is 0.639. The molecule has 0 aliphatic carbocycles. The van der Waals surface area contributed by atoms with Crippen LogP contribution in [-0.4, -0.2) is 38.0 Å². The van der Waals surface area contributed by atoms with E-state index in [-0.39, 0.29) is 14.7 Å². The maximum atomic E-state index is 12.8. The minimum absolute atomic E-state index is 0.0193. The third-order valence-electron chi connectivity index (χ3n) is 3.52. The second-order valence-corrected chi connectivity index (χ2v) is 9.40. The van der Waals surface area contributed by atoms with Crippen molar-refractivity contribution in [1.29, 1.82) is 0 Å². The summed E-state index contributed by atoms with van der Waals surface area (Å²) < 4.78 is 30.7. The Labute approximate surface area is 161 Å². The number of carbonyl (C=O) groups is 2. The number of nitrogens with one attached hydrogen (secondary N) is 2. The van der Waals surface area contributed by atoms with Gasteiger partial charge < -0.3 is 9.84 Å². The monoisotopic (exact) mass is 412 g/mol. The Morgan fingerprint density at radius 3 is 2.41 bits per heavy atom. The van der Waals surface area contributed by atoms with Crippen LogP contribution in [0, 0.1) is 6.92 Å². The Morgan fingerprint density at radius 1 is 1.15 bits per heavy atom. The fourth-order valence-electron chi connectivity index (χ4n) is 2.02. The van der Waals surface area contributed by atoms with Crippen molar-refractivity contribution < 1.29 is 27.9 Å². The molecule has 0 bridgehead atoms. The maximum Gasteiger partial charge on any atom is 0.270 e. The van der Waals surface area contributed by atoms with E-state index >= 15 is 0 Å². The Morgan fingerprint density at radius 2 is 1.81 bits per heavy atom. The first-order valence-electron chi connectivity index (χ1n) is 7.77. The average Bonchev–Trinajstić information content (AvgIpc) is 3.08. The first-order valence-corrected chi connectivity index (χ1v) is 10.1. The molecule has 146 valence electrons. The van der Waals surface area contributed by atoms with Crippen LogP contribution in [0.2, 0.25) is 0 Å². The van der Waals surface area contributed by atoms with E-state index in [4.69, 9.17) is 4.74 Å². The van der Waals surface area contributed by atoms with Crippen LogP contribution in [0.4, 0.5) is 0 Å². The SMILES string of the molecule is COc1cc(C)cc(S(=O)(=O)c2cc(C(=O)NNC(=O)C(C)(C)O)cs2)c1. The van der Waals surface area contributed by atoms with Crippen molar-refractivity contribution in [2.75, 3.05) is 7.11 Å². The van der Waals surface area contributed by atoms with Crippen LogP contribution < -0.4 is 15.6 Å². The lowest BCUT2D eigenvalue weighted by atomic mass is 10.1. The third kappa shape index (κ3) is 4.85. The van der Waals surface area contributed by atoms with E-state index in [1.54, 1.807) is 13.0 Å². The van der Waals surface area contributed by atoms with Gasteiger partial charge in [0.2, 0.25) is 9.84 Å². The smallest absolute Gasteiger partial charge is 0.270 e. The van der Waals surface area contributed by atoms with Crippen LogP contribution in [0.15, 0.2) is 38.8 Å². The van der Waals surface area contributed by atoms with Gasteiger partial charge in [0.25, 0.3) is 11.8 Å². The minimum Gasteiger partial charge on any atom is -0.497 e. The molecule has 1 aromatic carbocycles. The molecule has 2 aromatic rings. The molecule has 1 heterocycles. The van der Waals surface area contributed by atoms with Crippen molar-refractivity contribution in [1.82, 2.24) is 10.9 Å². The summed E-state index contributed by atoms with van der Waals surface area (Å²) in [4.78, 5) is 23.7. The molecule has 0 saturated heterocycles. The predicted molar refractivity (Wildman–Crippen MR) is 99.4 cm³/mol. The molecule has 0 radical (unpaired) electrons. The van der Waals surface area contributed by atoms with Gasteiger partial charge in [-0.3, -0.25) is 20.4 Å². The number of aliphatic hydroxyl groups is 1. The van der Waals surface area contributed by atoms with Crippen molar-refractivity contribution in [3.63, 3.8) is 0 Å². The summed E-state index contributed by atoms with van der Waals surface area (Å²) in [5.74, 6) is -1.09. The van der Waals surface area contributed by atoms with Crippen LogP contribution in [-0.2, 0) is 14.6 Å². The lowest BCUT2D eigenvalue weighted by Crippen LogP contribution is -2.50. The molecule has 2 amide bonds. The van der Waals surface area contributed by atoms with E-state index in [1.807, 2.05) is 0 Å². The highest BCUT2D eigenvalue weighted by molar-refractivity contribution is 7.93. The molecule has 27 heavy (non-hydrogen) atoms. The molecular formula is C17H20N2O6S2. The lowest BCUT2D eigenvalue weighted by Gasteiger charge is -2.16. The number of hydrogen-bond donors (Lipinski definition) is 3. The summed E-state index contributed by atoms with van der Waals surface area (Å²) in [7, 11) is -2.38. The minimum atomic E-state index is -3.83. The zero-order valence-corrected chi connectivity index (χ0v) is 16.8. The van der Waals surface area contributed by atoms with Crippen molar-refractivity contribution in [3.8, 4) is 5.75 Å². The van der Waals surface area contributed by atoms with Gasteiger partial charge in [0.05, 0.1) is 17.6 Å². The van der Waals surface area contributed by atoms with Gasteiger partial charge in [-0.25, -0.2) is 8.42 Å². The topological polar surface area (TPSA) is 122 Å². The van der Waals surface area contributed by atoms with E-state index in [9.17, 15) is 23.1 Å². The number of amides is 2. The van der Waals surface area contributed by atoms with Gasteiger partial charge >= 0.3 is 0 Å². The van der Waals surface area contributed by atoms with Gasteiger partial charge in [0.1, 0.15) is 15.6 Å². The fraction of sp³-hybridized carbons (Fsp3) is 0.294. The van der Waals surface area contributed by atoms with E-state index in [1.165, 1.54) is 44.5 Å². The predicted octanol–water partition coefficient (Wildman–Crippen LogP) is 1.43. The Hall–Kier alpha value is -2.43. The second kappa shape index (κ2) is 7.67. The zero-order valence-electron chi connectivity index (χ0n) is 15.2. The summed E-state index contributed by atoms with van der Waals surface area (Å²) in [5.41, 5.74) is 3.32. The molecule has 0 aliphatic heterocycles. The summed E-state index contributed by atoms with van der Waals surface area (Å²) in [6, 6.07) is 5.85. The largest absolute Gasteiger partial charge is 0.497 e. The normalized spacial score (nSPS) is 11.7. The molecule has 2 rings (SSSR count). The van der Waals surface area contributed by atoms with Gasteiger partial charge in [-0.1, -0.05) is 0 Å². The molecular weight excluding hydrogens is 392 g/mol. The number of methoxy groups -OCH3 is 1.